The highest BCUT2D eigenvalue weighted by Crippen LogP contribution is 2.32. The average molecular weight is 393 g/mol. The Bertz CT molecular complexity index is 867. The third-order valence-electron chi connectivity index (χ3n) is 5.10. The largest absolute Gasteiger partial charge is 0.355 e. The van der Waals surface area contributed by atoms with E-state index in [2.05, 4.69) is 24.5 Å². The van der Waals surface area contributed by atoms with Crippen molar-refractivity contribution in [2.24, 2.45) is 5.92 Å². The molecular formula is C23H27N3O3. The number of rotatable bonds is 8. The minimum atomic E-state index is -1.22. The summed E-state index contributed by atoms with van der Waals surface area (Å²) in [5.74, 6) is -0.280. The fraction of sp³-hybridized carbons (Fsp3) is 0.348. The van der Waals surface area contributed by atoms with Gasteiger partial charge in [0.15, 0.2) is 5.54 Å². The van der Waals surface area contributed by atoms with Gasteiger partial charge in [0, 0.05) is 13.0 Å². The van der Waals surface area contributed by atoms with Crippen LogP contribution in [-0.4, -0.2) is 35.8 Å². The van der Waals surface area contributed by atoms with Crippen LogP contribution in [0.4, 0.5) is 4.79 Å². The first kappa shape index (κ1) is 20.6. The Labute approximate surface area is 171 Å². The summed E-state index contributed by atoms with van der Waals surface area (Å²) in [4.78, 5) is 39.4. The normalized spacial score (nSPS) is 18.8. The Hall–Kier alpha value is -3.15. The van der Waals surface area contributed by atoms with Crippen LogP contribution in [0.25, 0.3) is 0 Å². The number of hydrogen-bond acceptors (Lipinski definition) is 3. The first-order valence-electron chi connectivity index (χ1n) is 9.92. The first-order chi connectivity index (χ1) is 13.9. The summed E-state index contributed by atoms with van der Waals surface area (Å²) in [5.41, 5.74) is 0.399. The van der Waals surface area contributed by atoms with Gasteiger partial charge in [-0.1, -0.05) is 74.5 Å². The van der Waals surface area contributed by atoms with E-state index in [1.54, 1.807) is 0 Å². The molecular weight excluding hydrogens is 366 g/mol. The zero-order valence-corrected chi connectivity index (χ0v) is 16.9. The van der Waals surface area contributed by atoms with E-state index >= 15 is 0 Å². The molecule has 0 aliphatic carbocycles. The Morgan fingerprint density at radius 3 is 2.28 bits per heavy atom. The van der Waals surface area contributed by atoms with Crippen LogP contribution >= 0.6 is 0 Å². The molecule has 1 aliphatic heterocycles. The lowest BCUT2D eigenvalue weighted by atomic mass is 9.83. The molecule has 1 fully saturated rings. The molecule has 0 saturated carbocycles. The number of carbonyl (C=O) groups excluding carboxylic acids is 3. The van der Waals surface area contributed by atoms with Crippen LogP contribution in [0.2, 0.25) is 0 Å². The van der Waals surface area contributed by atoms with Crippen molar-refractivity contribution in [3.05, 3.63) is 71.8 Å². The summed E-state index contributed by atoms with van der Waals surface area (Å²) >= 11 is 0. The molecule has 152 valence electrons. The SMILES string of the molecule is CC(C)CCNC(=O)CN1C(=O)N[C@@](Cc2ccccc2)(c2ccccc2)C1=O. The number of imide groups is 1. The van der Waals surface area contributed by atoms with Crippen LogP contribution in [-0.2, 0) is 21.5 Å². The molecule has 2 N–H and O–H groups in total. The fourth-order valence-electron chi connectivity index (χ4n) is 3.51. The third-order valence-corrected chi connectivity index (χ3v) is 5.10. The highest BCUT2D eigenvalue weighted by molar-refractivity contribution is 6.09. The molecule has 4 amide bonds. The predicted octanol–water partition coefficient (Wildman–Crippen LogP) is 2.84. The highest BCUT2D eigenvalue weighted by Gasteiger charge is 2.52. The number of nitrogens with zero attached hydrogens (tertiary/aromatic N) is 1. The van der Waals surface area contributed by atoms with Gasteiger partial charge in [0.05, 0.1) is 0 Å². The minimum Gasteiger partial charge on any atom is -0.355 e. The van der Waals surface area contributed by atoms with E-state index in [9.17, 15) is 14.4 Å². The Morgan fingerprint density at radius 2 is 1.66 bits per heavy atom. The van der Waals surface area contributed by atoms with Crippen LogP contribution in [0, 0.1) is 5.92 Å². The van der Waals surface area contributed by atoms with Crippen LogP contribution < -0.4 is 10.6 Å². The van der Waals surface area contributed by atoms with Gasteiger partial charge in [-0.05, 0) is 23.5 Å². The molecule has 1 atom stereocenters. The summed E-state index contributed by atoms with van der Waals surface area (Å²) < 4.78 is 0. The maximum Gasteiger partial charge on any atom is 0.325 e. The summed E-state index contributed by atoms with van der Waals surface area (Å²) in [7, 11) is 0. The quantitative estimate of drug-likeness (QED) is 0.677. The van der Waals surface area contributed by atoms with E-state index in [0.717, 1.165) is 16.9 Å². The molecule has 0 aromatic heterocycles. The van der Waals surface area contributed by atoms with Crippen molar-refractivity contribution in [1.29, 1.82) is 0 Å². The minimum absolute atomic E-state index is 0.286. The highest BCUT2D eigenvalue weighted by atomic mass is 16.2. The number of hydrogen-bond donors (Lipinski definition) is 2. The Morgan fingerprint density at radius 1 is 1.03 bits per heavy atom. The van der Waals surface area contributed by atoms with Crippen molar-refractivity contribution in [2.75, 3.05) is 13.1 Å². The number of nitrogens with one attached hydrogen (secondary N) is 2. The number of amides is 4. The number of benzene rings is 2. The summed E-state index contributed by atoms with van der Waals surface area (Å²) in [5, 5.41) is 5.66. The number of urea groups is 1. The monoisotopic (exact) mass is 393 g/mol. The molecule has 6 nitrogen and oxygen atoms in total. The second-order valence-corrected chi connectivity index (χ2v) is 7.79. The van der Waals surface area contributed by atoms with E-state index in [-0.39, 0.29) is 12.5 Å². The standard InChI is InChI=1S/C23H27N3O3/c1-17(2)13-14-24-20(27)16-26-21(28)23(25-22(26)29,19-11-7-4-8-12-19)15-18-9-5-3-6-10-18/h3-12,17H,13-16H2,1-2H3,(H,24,27)(H,25,29)/t23-/m0/s1. The van der Waals surface area contributed by atoms with Gasteiger partial charge in [0.2, 0.25) is 5.91 Å². The lowest BCUT2D eigenvalue weighted by Gasteiger charge is -2.27. The van der Waals surface area contributed by atoms with Gasteiger partial charge < -0.3 is 10.6 Å². The van der Waals surface area contributed by atoms with Gasteiger partial charge in [-0.3, -0.25) is 14.5 Å². The Balaban J connectivity index is 1.83. The molecule has 0 spiro atoms. The molecule has 1 heterocycles. The Kier molecular flexibility index (Phi) is 6.32. The van der Waals surface area contributed by atoms with Crippen molar-refractivity contribution in [3.63, 3.8) is 0 Å². The molecule has 0 bridgehead atoms. The fourth-order valence-corrected chi connectivity index (χ4v) is 3.51. The van der Waals surface area contributed by atoms with Crippen molar-refractivity contribution in [3.8, 4) is 0 Å². The smallest absolute Gasteiger partial charge is 0.325 e. The van der Waals surface area contributed by atoms with Gasteiger partial charge in [-0.25, -0.2) is 4.79 Å². The van der Waals surface area contributed by atoms with Crippen molar-refractivity contribution in [2.45, 2.75) is 32.2 Å². The number of carbonyl (C=O) groups is 3. The molecule has 6 heteroatoms. The first-order valence-corrected chi connectivity index (χ1v) is 9.92. The van der Waals surface area contributed by atoms with Gasteiger partial charge in [-0.2, -0.15) is 0 Å². The average Bonchev–Trinajstić information content (AvgIpc) is 2.94. The van der Waals surface area contributed by atoms with Gasteiger partial charge >= 0.3 is 6.03 Å². The molecule has 3 rings (SSSR count). The molecule has 2 aromatic rings. The van der Waals surface area contributed by atoms with Crippen LogP contribution in [0.1, 0.15) is 31.4 Å². The summed E-state index contributed by atoms with van der Waals surface area (Å²) in [6, 6.07) is 18.2. The van der Waals surface area contributed by atoms with Gasteiger partial charge in [0.1, 0.15) is 6.54 Å². The zero-order chi connectivity index (χ0) is 20.9. The predicted molar refractivity (Wildman–Crippen MR) is 111 cm³/mol. The third kappa shape index (κ3) is 4.65. The molecule has 2 aromatic carbocycles. The van der Waals surface area contributed by atoms with E-state index < -0.39 is 17.5 Å². The second kappa shape index (κ2) is 8.90. The summed E-state index contributed by atoms with van der Waals surface area (Å²) in [6.45, 7) is 4.38. The maximum absolute atomic E-state index is 13.4. The van der Waals surface area contributed by atoms with Crippen molar-refractivity contribution >= 4 is 17.8 Å². The molecule has 0 unspecified atom stereocenters. The van der Waals surface area contributed by atoms with E-state index in [0.29, 0.717) is 24.4 Å². The van der Waals surface area contributed by atoms with Crippen molar-refractivity contribution < 1.29 is 14.4 Å². The lowest BCUT2D eigenvalue weighted by molar-refractivity contribution is -0.135. The molecule has 1 saturated heterocycles. The maximum atomic E-state index is 13.4. The second-order valence-electron chi connectivity index (χ2n) is 7.79. The molecule has 0 radical (unpaired) electrons. The zero-order valence-electron chi connectivity index (χ0n) is 16.9. The van der Waals surface area contributed by atoms with E-state index in [1.807, 2.05) is 60.7 Å². The van der Waals surface area contributed by atoms with Crippen LogP contribution in [0.15, 0.2) is 60.7 Å². The van der Waals surface area contributed by atoms with E-state index in [4.69, 9.17) is 0 Å². The topological polar surface area (TPSA) is 78.5 Å². The van der Waals surface area contributed by atoms with Crippen molar-refractivity contribution in [1.82, 2.24) is 15.5 Å². The molecule has 29 heavy (non-hydrogen) atoms. The van der Waals surface area contributed by atoms with E-state index in [1.165, 1.54) is 0 Å². The van der Waals surface area contributed by atoms with Gasteiger partial charge in [0.25, 0.3) is 5.91 Å². The summed E-state index contributed by atoms with van der Waals surface area (Å²) in [6.07, 6.45) is 1.15. The van der Waals surface area contributed by atoms with Crippen LogP contribution in [0.3, 0.4) is 0 Å². The lowest BCUT2D eigenvalue weighted by Crippen LogP contribution is -2.47. The van der Waals surface area contributed by atoms with Crippen LogP contribution in [0.5, 0.6) is 0 Å². The van der Waals surface area contributed by atoms with Gasteiger partial charge in [-0.15, -0.1) is 0 Å². The molecule has 1 aliphatic rings.